The van der Waals surface area contributed by atoms with Gasteiger partial charge in [-0.3, -0.25) is 0 Å². The summed E-state index contributed by atoms with van der Waals surface area (Å²) < 4.78 is 13.2. The Balaban J connectivity index is 2.15. The number of halogens is 2. The summed E-state index contributed by atoms with van der Waals surface area (Å²) in [5.41, 5.74) is 2.87. The van der Waals surface area contributed by atoms with Gasteiger partial charge in [-0.05, 0) is 42.8 Å². The first-order valence-electron chi connectivity index (χ1n) is 6.46. The molecule has 0 aliphatic rings. The minimum absolute atomic E-state index is 0.0468. The zero-order chi connectivity index (χ0) is 14.7. The smallest absolute Gasteiger partial charge is 0.125 e. The molecule has 0 spiro atoms. The largest absolute Gasteiger partial charge is 0.378 e. The molecule has 0 heterocycles. The second-order valence-electron chi connectivity index (χ2n) is 4.98. The van der Waals surface area contributed by atoms with Gasteiger partial charge in [-0.25, -0.2) is 4.39 Å². The number of rotatable bonds is 4. The van der Waals surface area contributed by atoms with Gasteiger partial charge in [0.25, 0.3) is 0 Å². The van der Waals surface area contributed by atoms with Crippen LogP contribution in [0.4, 0.5) is 15.8 Å². The maximum Gasteiger partial charge on any atom is 0.125 e. The Morgan fingerprint density at radius 3 is 2.35 bits per heavy atom. The van der Waals surface area contributed by atoms with Crippen LogP contribution in [0, 0.1) is 5.82 Å². The molecule has 1 unspecified atom stereocenters. The predicted molar refractivity (Wildman–Crippen MR) is 84.2 cm³/mol. The van der Waals surface area contributed by atoms with Crippen LogP contribution in [0.3, 0.4) is 0 Å². The Hall–Kier alpha value is -1.74. The molecule has 0 bridgehead atoms. The Morgan fingerprint density at radius 2 is 1.75 bits per heavy atom. The van der Waals surface area contributed by atoms with Crippen molar-refractivity contribution in [3.63, 3.8) is 0 Å². The van der Waals surface area contributed by atoms with Crippen molar-refractivity contribution in [3.8, 4) is 0 Å². The molecule has 1 N–H and O–H groups in total. The second kappa shape index (κ2) is 6.14. The topological polar surface area (TPSA) is 15.3 Å². The molecule has 0 fully saturated rings. The summed E-state index contributed by atoms with van der Waals surface area (Å²) in [6.07, 6.45) is 0. The lowest BCUT2D eigenvalue weighted by molar-refractivity contribution is 0.628. The van der Waals surface area contributed by atoms with Gasteiger partial charge < -0.3 is 10.2 Å². The normalized spacial score (nSPS) is 12.1. The SMILES string of the molecule is CC(Nc1cc(F)ccc1Cl)c1ccc(N(C)C)cc1. The minimum atomic E-state index is -0.299. The molecular formula is C16H18ClFN2. The molecule has 0 aliphatic carbocycles. The monoisotopic (exact) mass is 292 g/mol. The summed E-state index contributed by atoms with van der Waals surface area (Å²) in [4.78, 5) is 2.05. The van der Waals surface area contributed by atoms with Crippen LogP contribution in [0.5, 0.6) is 0 Å². The van der Waals surface area contributed by atoms with E-state index in [9.17, 15) is 4.39 Å². The average Bonchev–Trinajstić information content (AvgIpc) is 2.43. The predicted octanol–water partition coefficient (Wildman–Crippen LogP) is 4.72. The highest BCUT2D eigenvalue weighted by atomic mass is 35.5. The molecule has 0 radical (unpaired) electrons. The van der Waals surface area contributed by atoms with Crippen molar-refractivity contribution in [1.29, 1.82) is 0 Å². The summed E-state index contributed by atoms with van der Waals surface area (Å²) in [6, 6.07) is 12.6. The maximum absolute atomic E-state index is 13.2. The zero-order valence-corrected chi connectivity index (χ0v) is 12.6. The third kappa shape index (κ3) is 3.42. The molecule has 4 heteroatoms. The molecule has 2 nitrogen and oxygen atoms in total. The number of nitrogens with one attached hydrogen (secondary N) is 1. The molecular weight excluding hydrogens is 275 g/mol. The van der Waals surface area contributed by atoms with Gasteiger partial charge >= 0.3 is 0 Å². The van der Waals surface area contributed by atoms with E-state index in [1.807, 2.05) is 25.9 Å². The van der Waals surface area contributed by atoms with Crippen LogP contribution in [0.2, 0.25) is 5.02 Å². The molecule has 0 saturated carbocycles. The van der Waals surface area contributed by atoms with Gasteiger partial charge in [0, 0.05) is 25.8 Å². The first kappa shape index (κ1) is 14.7. The summed E-state index contributed by atoms with van der Waals surface area (Å²) in [7, 11) is 4.01. The van der Waals surface area contributed by atoms with Crippen LogP contribution in [0.25, 0.3) is 0 Å². The molecule has 0 aromatic heterocycles. The standard InChI is InChI=1S/C16H18ClFN2/c1-11(12-4-7-14(8-5-12)20(2)3)19-16-10-13(18)6-9-15(16)17/h4-11,19H,1-3H3. The van der Waals surface area contributed by atoms with E-state index in [0.29, 0.717) is 10.7 Å². The summed E-state index contributed by atoms with van der Waals surface area (Å²) in [5, 5.41) is 3.75. The van der Waals surface area contributed by atoms with E-state index in [0.717, 1.165) is 11.3 Å². The van der Waals surface area contributed by atoms with Crippen molar-refractivity contribution in [1.82, 2.24) is 0 Å². The fraction of sp³-hybridized carbons (Fsp3) is 0.250. The van der Waals surface area contributed by atoms with E-state index in [1.165, 1.54) is 12.1 Å². The van der Waals surface area contributed by atoms with E-state index in [2.05, 4.69) is 29.6 Å². The molecule has 2 rings (SSSR count). The Bertz CT molecular complexity index is 582. The summed E-state index contributed by atoms with van der Waals surface area (Å²) in [6.45, 7) is 2.02. The zero-order valence-electron chi connectivity index (χ0n) is 11.8. The van der Waals surface area contributed by atoms with Crippen molar-refractivity contribution >= 4 is 23.0 Å². The molecule has 0 saturated heterocycles. The third-order valence-electron chi connectivity index (χ3n) is 3.21. The van der Waals surface area contributed by atoms with Crippen LogP contribution in [0.1, 0.15) is 18.5 Å². The highest BCUT2D eigenvalue weighted by Gasteiger charge is 2.09. The Kier molecular flexibility index (Phi) is 4.50. The molecule has 2 aromatic rings. The quantitative estimate of drug-likeness (QED) is 0.877. The number of hydrogen-bond acceptors (Lipinski definition) is 2. The number of nitrogens with zero attached hydrogens (tertiary/aromatic N) is 1. The van der Waals surface area contributed by atoms with Gasteiger partial charge in [-0.2, -0.15) is 0 Å². The fourth-order valence-electron chi connectivity index (χ4n) is 1.99. The van der Waals surface area contributed by atoms with Gasteiger partial charge in [-0.1, -0.05) is 23.7 Å². The maximum atomic E-state index is 13.2. The van der Waals surface area contributed by atoms with Crippen LogP contribution in [-0.4, -0.2) is 14.1 Å². The first-order chi connectivity index (χ1) is 9.47. The van der Waals surface area contributed by atoms with E-state index >= 15 is 0 Å². The van der Waals surface area contributed by atoms with Crippen LogP contribution >= 0.6 is 11.6 Å². The number of anilines is 2. The Labute approximate surface area is 124 Å². The van der Waals surface area contributed by atoms with Crippen LogP contribution in [0.15, 0.2) is 42.5 Å². The molecule has 0 amide bonds. The lowest BCUT2D eigenvalue weighted by atomic mass is 10.1. The molecule has 20 heavy (non-hydrogen) atoms. The van der Waals surface area contributed by atoms with Gasteiger partial charge in [0.05, 0.1) is 10.7 Å². The summed E-state index contributed by atoms with van der Waals surface area (Å²) in [5.74, 6) is -0.299. The molecule has 1 atom stereocenters. The van der Waals surface area contributed by atoms with Crippen LogP contribution < -0.4 is 10.2 Å². The van der Waals surface area contributed by atoms with Gasteiger partial charge in [0.1, 0.15) is 5.82 Å². The van der Waals surface area contributed by atoms with Crippen molar-refractivity contribution < 1.29 is 4.39 Å². The molecule has 2 aromatic carbocycles. The lowest BCUT2D eigenvalue weighted by Crippen LogP contribution is -2.10. The lowest BCUT2D eigenvalue weighted by Gasteiger charge is -2.18. The molecule has 0 aliphatic heterocycles. The van der Waals surface area contributed by atoms with Crippen molar-refractivity contribution in [2.24, 2.45) is 0 Å². The van der Waals surface area contributed by atoms with Gasteiger partial charge in [-0.15, -0.1) is 0 Å². The van der Waals surface area contributed by atoms with Crippen LogP contribution in [-0.2, 0) is 0 Å². The van der Waals surface area contributed by atoms with E-state index < -0.39 is 0 Å². The van der Waals surface area contributed by atoms with E-state index in [-0.39, 0.29) is 11.9 Å². The number of benzene rings is 2. The fourth-order valence-corrected chi connectivity index (χ4v) is 2.16. The van der Waals surface area contributed by atoms with Crippen molar-refractivity contribution in [2.75, 3.05) is 24.3 Å². The van der Waals surface area contributed by atoms with E-state index in [4.69, 9.17) is 11.6 Å². The molecule has 106 valence electrons. The highest BCUT2D eigenvalue weighted by molar-refractivity contribution is 6.33. The summed E-state index contributed by atoms with van der Waals surface area (Å²) >= 11 is 6.06. The van der Waals surface area contributed by atoms with Gasteiger partial charge in [0.15, 0.2) is 0 Å². The van der Waals surface area contributed by atoms with E-state index in [1.54, 1.807) is 6.07 Å². The van der Waals surface area contributed by atoms with Gasteiger partial charge in [0.2, 0.25) is 0 Å². The number of hydrogen-bond donors (Lipinski definition) is 1. The van der Waals surface area contributed by atoms with Crippen molar-refractivity contribution in [2.45, 2.75) is 13.0 Å². The second-order valence-corrected chi connectivity index (χ2v) is 5.38. The average molecular weight is 293 g/mol. The van der Waals surface area contributed by atoms with Crippen molar-refractivity contribution in [3.05, 3.63) is 58.9 Å². The minimum Gasteiger partial charge on any atom is -0.378 e. The third-order valence-corrected chi connectivity index (χ3v) is 3.54. The Morgan fingerprint density at radius 1 is 1.10 bits per heavy atom. The first-order valence-corrected chi connectivity index (χ1v) is 6.84. The highest BCUT2D eigenvalue weighted by Crippen LogP contribution is 2.27.